The van der Waals surface area contributed by atoms with Gasteiger partial charge in [-0.2, -0.15) is 0 Å². The number of carbonyl (C=O) groups is 2. The number of fused-ring (bicyclic) bond motifs is 1. The lowest BCUT2D eigenvalue weighted by atomic mass is 10.1. The smallest absolute Gasteiger partial charge is 0.326 e. The second-order valence-corrected chi connectivity index (χ2v) is 4.95. The second kappa shape index (κ2) is 4.64. The molecule has 2 aromatic rings. The number of amides is 1. The van der Waals surface area contributed by atoms with Crippen LogP contribution in [0.2, 0.25) is 0 Å². The highest BCUT2D eigenvalue weighted by Gasteiger charge is 2.39. The fourth-order valence-corrected chi connectivity index (χ4v) is 2.68. The Kier molecular flexibility index (Phi) is 2.94. The van der Waals surface area contributed by atoms with E-state index in [0.29, 0.717) is 5.56 Å². The SMILES string of the molecule is O=C(O)[C@H]1C[C@@H](O)CN1C(=O)c1c[nH]c2ccccc12. The molecule has 6 nitrogen and oxygen atoms in total. The molecule has 1 saturated heterocycles. The third-order valence-corrected chi connectivity index (χ3v) is 3.64. The van der Waals surface area contributed by atoms with Crippen LogP contribution in [-0.4, -0.2) is 50.7 Å². The molecule has 1 aromatic heterocycles. The lowest BCUT2D eigenvalue weighted by Gasteiger charge is -2.20. The average Bonchev–Trinajstić information content (AvgIpc) is 3.01. The number of nitrogens with zero attached hydrogens (tertiary/aromatic N) is 1. The van der Waals surface area contributed by atoms with Crippen molar-refractivity contribution in [2.24, 2.45) is 0 Å². The Morgan fingerprint density at radius 2 is 2.05 bits per heavy atom. The van der Waals surface area contributed by atoms with Crippen molar-refractivity contribution in [1.29, 1.82) is 0 Å². The molecule has 1 aliphatic rings. The van der Waals surface area contributed by atoms with E-state index in [4.69, 9.17) is 5.11 Å². The van der Waals surface area contributed by atoms with E-state index in [9.17, 15) is 14.7 Å². The van der Waals surface area contributed by atoms with Gasteiger partial charge in [0, 0.05) is 30.1 Å². The highest BCUT2D eigenvalue weighted by molar-refractivity contribution is 6.07. The van der Waals surface area contributed by atoms with Crippen LogP contribution in [0.4, 0.5) is 0 Å². The molecule has 1 fully saturated rings. The molecule has 1 aliphatic heterocycles. The van der Waals surface area contributed by atoms with Crippen molar-refractivity contribution in [3.05, 3.63) is 36.0 Å². The summed E-state index contributed by atoms with van der Waals surface area (Å²) in [5.41, 5.74) is 1.25. The predicted molar refractivity (Wildman–Crippen MR) is 71.4 cm³/mol. The van der Waals surface area contributed by atoms with Crippen molar-refractivity contribution in [2.45, 2.75) is 18.6 Å². The standard InChI is InChI=1S/C14H14N2O4/c17-8-5-12(14(19)20)16(7-8)13(18)10-6-15-11-4-2-1-3-9(10)11/h1-4,6,8,12,15,17H,5,7H2,(H,19,20)/t8-,12-/m1/s1. The van der Waals surface area contributed by atoms with E-state index >= 15 is 0 Å². The summed E-state index contributed by atoms with van der Waals surface area (Å²) in [5.74, 6) is -1.46. The molecule has 104 valence electrons. The van der Waals surface area contributed by atoms with Gasteiger partial charge in [-0.25, -0.2) is 4.79 Å². The summed E-state index contributed by atoms with van der Waals surface area (Å²) in [5, 5.41) is 19.5. The first-order valence-electron chi connectivity index (χ1n) is 6.36. The Morgan fingerprint density at radius 3 is 2.80 bits per heavy atom. The first-order valence-corrected chi connectivity index (χ1v) is 6.36. The van der Waals surface area contributed by atoms with Gasteiger partial charge in [-0.3, -0.25) is 4.79 Å². The normalized spacial score (nSPS) is 22.4. The van der Waals surface area contributed by atoms with Gasteiger partial charge >= 0.3 is 5.97 Å². The molecule has 6 heteroatoms. The maximum atomic E-state index is 12.5. The first kappa shape index (κ1) is 12.7. The summed E-state index contributed by atoms with van der Waals surface area (Å²) in [6.45, 7) is 0.0509. The van der Waals surface area contributed by atoms with Gasteiger partial charge < -0.3 is 20.1 Å². The number of likely N-dealkylation sites (tertiary alicyclic amines) is 1. The van der Waals surface area contributed by atoms with Crippen LogP contribution in [0.15, 0.2) is 30.5 Å². The highest BCUT2D eigenvalue weighted by Crippen LogP contribution is 2.25. The minimum absolute atomic E-state index is 0.0509. The van der Waals surface area contributed by atoms with Gasteiger partial charge in [0.2, 0.25) is 0 Å². The number of para-hydroxylation sites is 1. The van der Waals surface area contributed by atoms with Crippen LogP contribution in [0.25, 0.3) is 10.9 Å². The van der Waals surface area contributed by atoms with E-state index in [1.165, 1.54) is 4.90 Å². The van der Waals surface area contributed by atoms with E-state index in [2.05, 4.69) is 4.98 Å². The molecule has 0 aliphatic carbocycles. The maximum Gasteiger partial charge on any atom is 0.326 e. The van der Waals surface area contributed by atoms with Gasteiger partial charge in [0.1, 0.15) is 6.04 Å². The van der Waals surface area contributed by atoms with Crippen LogP contribution in [-0.2, 0) is 4.79 Å². The summed E-state index contributed by atoms with van der Waals surface area (Å²) < 4.78 is 0. The summed E-state index contributed by atoms with van der Waals surface area (Å²) >= 11 is 0. The topological polar surface area (TPSA) is 93.6 Å². The van der Waals surface area contributed by atoms with E-state index in [1.54, 1.807) is 12.3 Å². The van der Waals surface area contributed by atoms with Gasteiger partial charge in [0.05, 0.1) is 11.7 Å². The monoisotopic (exact) mass is 274 g/mol. The van der Waals surface area contributed by atoms with E-state index < -0.39 is 18.1 Å². The number of carboxylic acids is 1. The van der Waals surface area contributed by atoms with E-state index in [-0.39, 0.29) is 18.9 Å². The predicted octanol–water partition coefficient (Wildman–Crippen LogP) is 0.828. The van der Waals surface area contributed by atoms with Crippen LogP contribution >= 0.6 is 0 Å². The van der Waals surface area contributed by atoms with Crippen LogP contribution in [0.5, 0.6) is 0 Å². The second-order valence-electron chi connectivity index (χ2n) is 4.95. The summed E-state index contributed by atoms with van der Waals surface area (Å²) in [6.07, 6.45) is 0.866. The Morgan fingerprint density at radius 1 is 1.30 bits per heavy atom. The number of rotatable bonds is 2. The molecule has 0 saturated carbocycles. The molecule has 3 rings (SSSR count). The van der Waals surface area contributed by atoms with Crippen molar-refractivity contribution in [3.8, 4) is 0 Å². The Labute approximate surface area is 114 Å². The van der Waals surface area contributed by atoms with Crippen LogP contribution in [0, 0.1) is 0 Å². The Hall–Kier alpha value is -2.34. The maximum absolute atomic E-state index is 12.5. The van der Waals surface area contributed by atoms with Crippen molar-refractivity contribution >= 4 is 22.8 Å². The van der Waals surface area contributed by atoms with Crippen LogP contribution in [0.1, 0.15) is 16.8 Å². The minimum Gasteiger partial charge on any atom is -0.480 e. The Balaban J connectivity index is 1.98. The number of hydrogen-bond acceptors (Lipinski definition) is 3. The number of aliphatic carboxylic acids is 1. The lowest BCUT2D eigenvalue weighted by Crippen LogP contribution is -2.40. The number of aromatic nitrogens is 1. The van der Waals surface area contributed by atoms with E-state index in [1.807, 2.05) is 18.2 Å². The average molecular weight is 274 g/mol. The quantitative estimate of drug-likeness (QED) is 0.756. The number of β-amino-alcohol motifs (C(OH)–C–C–N with tert-alkyl or cyclic N) is 1. The zero-order valence-corrected chi connectivity index (χ0v) is 10.6. The number of hydrogen-bond donors (Lipinski definition) is 3. The largest absolute Gasteiger partial charge is 0.480 e. The fraction of sp³-hybridized carbons (Fsp3) is 0.286. The third kappa shape index (κ3) is 1.94. The fourth-order valence-electron chi connectivity index (χ4n) is 2.68. The summed E-state index contributed by atoms with van der Waals surface area (Å²) in [4.78, 5) is 27.9. The lowest BCUT2D eigenvalue weighted by molar-refractivity contribution is -0.141. The number of nitrogens with one attached hydrogen (secondary N) is 1. The summed E-state index contributed by atoms with van der Waals surface area (Å²) in [7, 11) is 0. The highest BCUT2D eigenvalue weighted by atomic mass is 16.4. The molecule has 1 amide bonds. The third-order valence-electron chi connectivity index (χ3n) is 3.64. The van der Waals surface area contributed by atoms with Crippen molar-refractivity contribution in [3.63, 3.8) is 0 Å². The zero-order chi connectivity index (χ0) is 14.3. The number of H-pyrrole nitrogens is 1. The zero-order valence-electron chi connectivity index (χ0n) is 10.6. The molecule has 2 atom stereocenters. The molecule has 20 heavy (non-hydrogen) atoms. The van der Waals surface area contributed by atoms with Gasteiger partial charge in [-0.15, -0.1) is 0 Å². The van der Waals surface area contributed by atoms with Crippen LogP contribution < -0.4 is 0 Å². The molecule has 0 unspecified atom stereocenters. The van der Waals surface area contributed by atoms with Gasteiger partial charge in [0.25, 0.3) is 5.91 Å². The molecule has 3 N–H and O–H groups in total. The number of aliphatic hydroxyl groups is 1. The number of aliphatic hydroxyl groups excluding tert-OH is 1. The molecular weight excluding hydrogens is 260 g/mol. The van der Waals surface area contributed by atoms with Gasteiger partial charge in [0.15, 0.2) is 0 Å². The van der Waals surface area contributed by atoms with Gasteiger partial charge in [-0.05, 0) is 6.07 Å². The molecular formula is C14H14N2O4. The van der Waals surface area contributed by atoms with Crippen molar-refractivity contribution < 1.29 is 19.8 Å². The van der Waals surface area contributed by atoms with Crippen LogP contribution in [0.3, 0.4) is 0 Å². The molecule has 2 heterocycles. The minimum atomic E-state index is -1.09. The van der Waals surface area contributed by atoms with Crippen molar-refractivity contribution in [2.75, 3.05) is 6.54 Å². The number of carboxylic acid groups (broad SMARTS) is 1. The first-order chi connectivity index (χ1) is 9.58. The number of carbonyl (C=O) groups excluding carboxylic acids is 1. The van der Waals surface area contributed by atoms with Gasteiger partial charge in [-0.1, -0.05) is 18.2 Å². The molecule has 0 radical (unpaired) electrons. The van der Waals surface area contributed by atoms with Crippen molar-refractivity contribution in [1.82, 2.24) is 9.88 Å². The molecule has 0 spiro atoms. The molecule has 1 aromatic carbocycles. The number of aromatic amines is 1. The Bertz CT molecular complexity index is 679. The van der Waals surface area contributed by atoms with E-state index in [0.717, 1.165) is 10.9 Å². The molecule has 0 bridgehead atoms. The summed E-state index contributed by atoms with van der Waals surface area (Å²) in [6, 6.07) is 6.36. The number of benzene rings is 1.